The average molecular weight is 547 g/mol. The first-order valence-electron chi connectivity index (χ1n) is 12.4. The van der Waals surface area contributed by atoms with Crippen LogP contribution in [0, 0.1) is 6.92 Å². The van der Waals surface area contributed by atoms with Crippen molar-refractivity contribution in [1.29, 1.82) is 0 Å². The fourth-order valence-electron chi connectivity index (χ4n) is 4.69. The minimum atomic E-state index is -4.37. The maximum absolute atomic E-state index is 12.8. The summed E-state index contributed by atoms with van der Waals surface area (Å²) in [5, 5.41) is 15.7. The summed E-state index contributed by atoms with van der Waals surface area (Å²) in [4.78, 5) is 8.98. The highest BCUT2D eigenvalue weighted by atomic mass is 32.1. The fourth-order valence-corrected chi connectivity index (χ4v) is 5.50. The van der Waals surface area contributed by atoms with Gasteiger partial charge in [-0.25, -0.2) is 4.98 Å². The third kappa shape index (κ3) is 6.35. The molecule has 0 amide bonds. The van der Waals surface area contributed by atoms with Crippen LogP contribution in [0.1, 0.15) is 23.2 Å². The van der Waals surface area contributed by atoms with Gasteiger partial charge in [0.25, 0.3) is 0 Å². The predicted octanol–water partition coefficient (Wildman–Crippen LogP) is 5.22. The Hall–Kier alpha value is -2.99. The molecule has 0 saturated carbocycles. The van der Waals surface area contributed by atoms with Gasteiger partial charge in [0.2, 0.25) is 0 Å². The number of thiazole rings is 1. The highest BCUT2D eigenvalue weighted by Gasteiger charge is 2.30. The third-order valence-corrected chi connectivity index (χ3v) is 7.60. The number of piperazine rings is 1. The molecule has 1 saturated heterocycles. The Bertz CT molecular complexity index is 1370. The molecule has 0 unspecified atom stereocenters. The van der Waals surface area contributed by atoms with Crippen LogP contribution in [-0.2, 0) is 12.7 Å². The van der Waals surface area contributed by atoms with Gasteiger partial charge in [-0.1, -0.05) is 17.3 Å². The maximum atomic E-state index is 12.8. The van der Waals surface area contributed by atoms with Crippen molar-refractivity contribution in [3.63, 3.8) is 0 Å². The molecule has 1 aliphatic heterocycles. The van der Waals surface area contributed by atoms with Gasteiger partial charge in [-0.05, 0) is 38.1 Å². The van der Waals surface area contributed by atoms with Crippen molar-refractivity contribution in [3.05, 3.63) is 64.8 Å². The van der Waals surface area contributed by atoms with Crippen LogP contribution >= 0.6 is 11.3 Å². The molecule has 0 radical (unpaired) electrons. The summed E-state index contributed by atoms with van der Waals surface area (Å²) in [5.41, 5.74) is 1.48. The van der Waals surface area contributed by atoms with Crippen LogP contribution in [0.2, 0.25) is 0 Å². The summed E-state index contributed by atoms with van der Waals surface area (Å²) in [6, 6.07) is 12.6. The van der Waals surface area contributed by atoms with E-state index in [1.54, 1.807) is 17.4 Å². The molecule has 202 valence electrons. The van der Waals surface area contributed by atoms with Gasteiger partial charge in [-0.3, -0.25) is 9.80 Å². The molecule has 2 aromatic carbocycles. The summed E-state index contributed by atoms with van der Waals surface area (Å²) in [6.07, 6.45) is -5.00. The van der Waals surface area contributed by atoms with Crippen LogP contribution in [0.3, 0.4) is 0 Å². The average Bonchev–Trinajstić information content (AvgIpc) is 3.49. The van der Waals surface area contributed by atoms with Crippen LogP contribution in [0.5, 0.6) is 5.75 Å². The highest BCUT2D eigenvalue weighted by molar-refractivity contribution is 7.18. The molecule has 38 heavy (non-hydrogen) atoms. The molecule has 0 spiro atoms. The molecule has 3 heterocycles. The number of benzene rings is 2. The van der Waals surface area contributed by atoms with Gasteiger partial charge in [-0.2, -0.15) is 13.2 Å². The van der Waals surface area contributed by atoms with Crippen molar-refractivity contribution in [3.8, 4) is 17.1 Å². The van der Waals surface area contributed by atoms with E-state index in [9.17, 15) is 18.3 Å². The van der Waals surface area contributed by atoms with Gasteiger partial charge >= 0.3 is 6.18 Å². The number of halogens is 3. The van der Waals surface area contributed by atoms with E-state index in [-0.39, 0.29) is 12.6 Å². The number of ether oxygens (including phenoxy) is 1. The number of aromatic nitrogens is 2. The van der Waals surface area contributed by atoms with Gasteiger partial charge < -0.3 is 14.4 Å². The first kappa shape index (κ1) is 26.6. The van der Waals surface area contributed by atoms with Crippen LogP contribution in [0.15, 0.2) is 53.1 Å². The third-order valence-electron chi connectivity index (χ3n) is 6.64. The van der Waals surface area contributed by atoms with E-state index < -0.39 is 17.8 Å². The van der Waals surface area contributed by atoms with Crippen molar-refractivity contribution in [2.75, 3.05) is 32.8 Å². The summed E-state index contributed by atoms with van der Waals surface area (Å²) in [6.45, 7) is 7.74. The van der Waals surface area contributed by atoms with Gasteiger partial charge in [-0.15, -0.1) is 11.3 Å². The van der Waals surface area contributed by atoms with Crippen molar-refractivity contribution in [1.82, 2.24) is 19.9 Å². The standard InChI is InChI=1S/C27H29F3N4O3S/c1-17-13-33(14-21-11-25(37-32-21)19-3-5-20(6-4-19)27(28,29)30)9-10-34(17)15-22(35)16-36-23-7-8-26-24(12-23)31-18(2)38-26/h3-8,11-12,17,22,35H,9-10,13-16H2,1-2H3/t17-,22+/m0/s1. The smallest absolute Gasteiger partial charge is 0.416 e. The number of fused-ring (bicyclic) bond motifs is 1. The lowest BCUT2D eigenvalue weighted by atomic mass is 10.1. The van der Waals surface area contributed by atoms with Crippen LogP contribution < -0.4 is 4.74 Å². The molecule has 11 heteroatoms. The molecular weight excluding hydrogens is 517 g/mol. The Morgan fingerprint density at radius 2 is 1.95 bits per heavy atom. The lowest BCUT2D eigenvalue weighted by molar-refractivity contribution is -0.137. The number of aryl methyl sites for hydroxylation is 1. The monoisotopic (exact) mass is 546 g/mol. The SMILES string of the molecule is Cc1nc2cc(OC[C@H](O)CN3CCN(Cc4cc(-c5ccc(C(F)(F)F)cc5)on4)C[C@@H]3C)ccc2s1. The molecule has 1 N–H and O–H groups in total. The second-order valence-corrected chi connectivity index (χ2v) is 10.9. The number of aliphatic hydroxyl groups excluding tert-OH is 1. The zero-order valence-corrected chi connectivity index (χ0v) is 21.9. The van der Waals surface area contributed by atoms with E-state index in [1.165, 1.54) is 12.1 Å². The number of aliphatic hydroxyl groups is 1. The largest absolute Gasteiger partial charge is 0.491 e. The number of alkyl halides is 3. The highest BCUT2D eigenvalue weighted by Crippen LogP contribution is 2.31. The Morgan fingerprint density at radius 3 is 2.68 bits per heavy atom. The minimum absolute atomic E-state index is 0.202. The maximum Gasteiger partial charge on any atom is 0.416 e. The van der Waals surface area contributed by atoms with E-state index in [0.29, 0.717) is 30.2 Å². The van der Waals surface area contributed by atoms with Gasteiger partial charge in [0.15, 0.2) is 5.76 Å². The number of rotatable bonds is 8. The molecular formula is C27H29F3N4O3S. The summed E-state index contributed by atoms with van der Waals surface area (Å²) in [7, 11) is 0. The number of hydrogen-bond acceptors (Lipinski definition) is 8. The van der Waals surface area contributed by atoms with Crippen LogP contribution in [0.4, 0.5) is 13.2 Å². The van der Waals surface area contributed by atoms with E-state index in [2.05, 4.69) is 26.9 Å². The molecule has 2 aromatic heterocycles. The molecule has 1 fully saturated rings. The lowest BCUT2D eigenvalue weighted by Crippen LogP contribution is -2.53. The number of β-amino-alcohol motifs (C(OH)–C–C–N with tert-alkyl or cyclic N) is 1. The van der Waals surface area contributed by atoms with E-state index in [1.807, 2.05) is 25.1 Å². The number of nitrogens with zero attached hydrogens (tertiary/aromatic N) is 4. The second kappa shape index (κ2) is 11.0. The Balaban J connectivity index is 1.09. The molecule has 0 bridgehead atoms. The second-order valence-electron chi connectivity index (χ2n) is 9.66. The topological polar surface area (TPSA) is 74.9 Å². The van der Waals surface area contributed by atoms with Gasteiger partial charge in [0.1, 0.15) is 18.5 Å². The first-order valence-corrected chi connectivity index (χ1v) is 13.2. The molecule has 4 aromatic rings. The van der Waals surface area contributed by atoms with E-state index in [4.69, 9.17) is 9.26 Å². The van der Waals surface area contributed by atoms with Gasteiger partial charge in [0, 0.05) is 56.5 Å². The predicted molar refractivity (Wildman–Crippen MR) is 139 cm³/mol. The summed E-state index contributed by atoms with van der Waals surface area (Å²) >= 11 is 1.64. The number of hydrogen-bond donors (Lipinski definition) is 1. The Kier molecular flexibility index (Phi) is 7.71. The van der Waals surface area contributed by atoms with Gasteiger partial charge in [0.05, 0.1) is 26.5 Å². The summed E-state index contributed by atoms with van der Waals surface area (Å²) in [5.74, 6) is 1.13. The fraction of sp³-hybridized carbons (Fsp3) is 0.407. The lowest BCUT2D eigenvalue weighted by Gasteiger charge is -2.40. The Morgan fingerprint density at radius 1 is 1.16 bits per heavy atom. The molecule has 2 atom stereocenters. The normalized spacial score (nSPS) is 18.2. The van der Waals surface area contributed by atoms with Crippen LogP contribution in [-0.4, -0.2) is 70.0 Å². The zero-order valence-electron chi connectivity index (χ0n) is 21.1. The Labute approximate surface area is 222 Å². The molecule has 1 aliphatic rings. The van der Waals surface area contributed by atoms with Crippen molar-refractivity contribution in [2.45, 2.75) is 38.7 Å². The first-order chi connectivity index (χ1) is 18.1. The molecule has 5 rings (SSSR count). The quantitative estimate of drug-likeness (QED) is 0.325. The van der Waals surface area contributed by atoms with Crippen LogP contribution in [0.25, 0.3) is 21.5 Å². The van der Waals surface area contributed by atoms with Crippen molar-refractivity contribution < 1.29 is 27.5 Å². The summed E-state index contributed by atoms with van der Waals surface area (Å²) < 4.78 is 50.7. The van der Waals surface area contributed by atoms with E-state index >= 15 is 0 Å². The van der Waals surface area contributed by atoms with Crippen molar-refractivity contribution >= 4 is 21.6 Å². The molecule has 0 aliphatic carbocycles. The zero-order chi connectivity index (χ0) is 26.9. The minimum Gasteiger partial charge on any atom is -0.491 e. The van der Waals surface area contributed by atoms with Crippen molar-refractivity contribution in [2.24, 2.45) is 0 Å². The van der Waals surface area contributed by atoms with E-state index in [0.717, 1.165) is 52.7 Å². The molecule has 7 nitrogen and oxygen atoms in total.